The monoisotopic (exact) mass is 541 g/mol. The number of amides is 2. The van der Waals surface area contributed by atoms with E-state index in [0.717, 1.165) is 22.5 Å². The lowest BCUT2D eigenvalue weighted by atomic mass is 10.0. The lowest BCUT2D eigenvalue weighted by Gasteiger charge is -2.16. The van der Waals surface area contributed by atoms with Gasteiger partial charge in [-0.3, -0.25) is 14.9 Å². The molecule has 172 valence electrons. The Morgan fingerprint density at radius 3 is 2.34 bits per heavy atom. The molecule has 2 aromatic carbocycles. The van der Waals surface area contributed by atoms with Crippen LogP contribution in [0.5, 0.6) is 5.75 Å². The highest BCUT2D eigenvalue weighted by Crippen LogP contribution is 2.32. The molecule has 8 nitrogen and oxygen atoms in total. The summed E-state index contributed by atoms with van der Waals surface area (Å²) in [5.41, 5.74) is 2.43. The molecule has 3 N–H and O–H groups in total. The van der Waals surface area contributed by atoms with Gasteiger partial charge in [-0.1, -0.05) is 29.8 Å². The summed E-state index contributed by atoms with van der Waals surface area (Å²) in [6, 6.07) is 9.40. The normalized spacial score (nSPS) is 11.1. The Hall–Kier alpha value is -2.50. The summed E-state index contributed by atoms with van der Waals surface area (Å²) in [7, 11) is -3.92. The van der Waals surface area contributed by atoms with Gasteiger partial charge in [0.05, 0.1) is 4.90 Å². The fourth-order valence-electron chi connectivity index (χ4n) is 2.68. The minimum absolute atomic E-state index is 0.0344. The molecule has 0 fully saturated rings. The molecular formula is C21H24BrN3O5S2. The van der Waals surface area contributed by atoms with Crippen LogP contribution in [-0.4, -0.2) is 32.0 Å². The summed E-state index contributed by atoms with van der Waals surface area (Å²) in [6.45, 7) is 6.90. The first kappa shape index (κ1) is 25.8. The molecule has 0 atom stereocenters. The largest absolute Gasteiger partial charge is 0.483 e. The van der Waals surface area contributed by atoms with E-state index in [1.807, 2.05) is 37.6 Å². The number of ether oxygens (including phenoxy) is 1. The molecule has 2 rings (SSSR count). The number of hydrogen-bond acceptors (Lipinski definition) is 6. The highest BCUT2D eigenvalue weighted by atomic mass is 79.9. The third kappa shape index (κ3) is 7.28. The maximum Gasteiger partial charge on any atom is 0.264 e. The third-order valence-corrected chi connectivity index (χ3v) is 6.73. The SMILES string of the molecule is CC(=O)NS(=O)(=O)c1ccc(NC(=S)NC(=O)COc2cc(C)c(Br)cc2C(C)C)cc1. The van der Waals surface area contributed by atoms with E-state index in [4.69, 9.17) is 17.0 Å². The Bertz CT molecular complexity index is 1130. The zero-order chi connectivity index (χ0) is 24.1. The molecule has 0 bridgehead atoms. The highest BCUT2D eigenvalue weighted by molar-refractivity contribution is 9.10. The molecule has 0 aliphatic rings. The predicted molar refractivity (Wildman–Crippen MR) is 130 cm³/mol. The molecule has 2 aromatic rings. The summed E-state index contributed by atoms with van der Waals surface area (Å²) in [6.07, 6.45) is 0. The lowest BCUT2D eigenvalue weighted by Crippen LogP contribution is -2.37. The van der Waals surface area contributed by atoms with Crippen molar-refractivity contribution in [3.05, 3.63) is 52.0 Å². The molecule has 0 aliphatic carbocycles. The van der Waals surface area contributed by atoms with Gasteiger partial charge in [0.1, 0.15) is 5.75 Å². The molecule has 0 spiro atoms. The number of rotatable bonds is 7. The van der Waals surface area contributed by atoms with Crippen LogP contribution in [0.4, 0.5) is 5.69 Å². The van der Waals surface area contributed by atoms with Crippen LogP contribution in [0.15, 0.2) is 45.8 Å². The van der Waals surface area contributed by atoms with Gasteiger partial charge in [0, 0.05) is 17.1 Å². The van der Waals surface area contributed by atoms with Gasteiger partial charge in [-0.25, -0.2) is 13.1 Å². The van der Waals surface area contributed by atoms with Crippen LogP contribution in [0.1, 0.15) is 37.8 Å². The summed E-state index contributed by atoms with van der Waals surface area (Å²) in [5.74, 6) is -0.282. The minimum atomic E-state index is -3.92. The second kappa shape index (κ2) is 10.9. The molecule has 0 unspecified atom stereocenters. The Morgan fingerprint density at radius 1 is 1.16 bits per heavy atom. The van der Waals surface area contributed by atoms with Crippen molar-refractivity contribution < 1.29 is 22.7 Å². The number of carbonyl (C=O) groups is 2. The van der Waals surface area contributed by atoms with Gasteiger partial charge >= 0.3 is 0 Å². The first-order valence-electron chi connectivity index (χ1n) is 9.56. The number of hydrogen-bond donors (Lipinski definition) is 3. The Kier molecular flexibility index (Phi) is 8.76. The van der Waals surface area contributed by atoms with Gasteiger partial charge < -0.3 is 10.1 Å². The standard InChI is InChI=1S/C21H24BrN3O5S2/c1-12(2)17-10-18(22)13(3)9-19(17)30-11-20(27)24-21(31)23-15-5-7-16(8-6-15)32(28,29)25-14(4)26/h5-10,12H,11H2,1-4H3,(H,25,26)(H2,23,24,27,31). The van der Waals surface area contributed by atoms with Crippen molar-refractivity contribution in [1.29, 1.82) is 0 Å². The van der Waals surface area contributed by atoms with Crippen LogP contribution >= 0.6 is 28.1 Å². The number of sulfonamides is 1. The van der Waals surface area contributed by atoms with Gasteiger partial charge in [-0.2, -0.15) is 0 Å². The van der Waals surface area contributed by atoms with Crippen LogP contribution in [0.3, 0.4) is 0 Å². The summed E-state index contributed by atoms with van der Waals surface area (Å²) in [4.78, 5) is 23.2. The van der Waals surface area contributed by atoms with Gasteiger partial charge in [-0.15, -0.1) is 0 Å². The summed E-state index contributed by atoms with van der Waals surface area (Å²) >= 11 is 8.64. The molecule has 0 saturated carbocycles. The molecule has 0 aliphatic heterocycles. The summed E-state index contributed by atoms with van der Waals surface area (Å²) in [5, 5.41) is 5.34. The molecule has 11 heteroatoms. The average molecular weight is 542 g/mol. The van der Waals surface area contributed by atoms with E-state index in [2.05, 4.69) is 26.6 Å². The maximum absolute atomic E-state index is 12.2. The molecule has 2 amide bonds. The second-order valence-corrected chi connectivity index (χ2v) is 10.2. The van der Waals surface area contributed by atoms with E-state index in [1.54, 1.807) is 0 Å². The van der Waals surface area contributed by atoms with E-state index >= 15 is 0 Å². The zero-order valence-corrected chi connectivity index (χ0v) is 21.2. The second-order valence-electron chi connectivity index (χ2n) is 7.27. The van der Waals surface area contributed by atoms with Crippen molar-refractivity contribution in [3.8, 4) is 5.75 Å². The van der Waals surface area contributed by atoms with Crippen LogP contribution in [0.25, 0.3) is 0 Å². The number of carbonyl (C=O) groups excluding carboxylic acids is 2. The average Bonchev–Trinajstić information content (AvgIpc) is 2.67. The first-order chi connectivity index (χ1) is 14.9. The number of halogens is 1. The summed E-state index contributed by atoms with van der Waals surface area (Å²) < 4.78 is 32.5. The number of anilines is 1. The fourth-order valence-corrected chi connectivity index (χ4v) is 4.26. The number of aryl methyl sites for hydroxylation is 1. The molecule has 0 radical (unpaired) electrons. The zero-order valence-electron chi connectivity index (χ0n) is 18.0. The van der Waals surface area contributed by atoms with Crippen molar-refractivity contribution in [2.45, 2.75) is 38.5 Å². The topological polar surface area (TPSA) is 114 Å². The lowest BCUT2D eigenvalue weighted by molar-refractivity contribution is -0.121. The number of nitrogens with one attached hydrogen (secondary N) is 3. The van der Waals surface area contributed by atoms with Gasteiger partial charge in [0.2, 0.25) is 5.91 Å². The Morgan fingerprint density at radius 2 is 1.78 bits per heavy atom. The first-order valence-corrected chi connectivity index (χ1v) is 12.2. The van der Waals surface area contributed by atoms with Gasteiger partial charge in [0.25, 0.3) is 15.9 Å². The molecule has 0 saturated heterocycles. The van der Waals surface area contributed by atoms with E-state index in [-0.39, 0.29) is 22.5 Å². The number of benzene rings is 2. The molecular weight excluding hydrogens is 518 g/mol. The third-order valence-electron chi connectivity index (χ3n) is 4.23. The van der Waals surface area contributed by atoms with Gasteiger partial charge in [0.15, 0.2) is 11.7 Å². The van der Waals surface area contributed by atoms with Crippen molar-refractivity contribution in [2.75, 3.05) is 11.9 Å². The van der Waals surface area contributed by atoms with Crippen LogP contribution < -0.4 is 20.1 Å². The van der Waals surface area contributed by atoms with Crippen molar-refractivity contribution in [1.82, 2.24) is 10.0 Å². The van der Waals surface area contributed by atoms with Crippen LogP contribution in [0, 0.1) is 6.92 Å². The smallest absolute Gasteiger partial charge is 0.264 e. The van der Waals surface area contributed by atoms with E-state index in [9.17, 15) is 18.0 Å². The maximum atomic E-state index is 12.2. The van der Waals surface area contributed by atoms with Crippen molar-refractivity contribution in [3.63, 3.8) is 0 Å². The van der Waals surface area contributed by atoms with E-state index in [0.29, 0.717) is 11.4 Å². The fraction of sp³-hybridized carbons (Fsp3) is 0.286. The molecule has 0 heterocycles. The highest BCUT2D eigenvalue weighted by Gasteiger charge is 2.16. The Balaban J connectivity index is 1.95. The van der Waals surface area contributed by atoms with E-state index in [1.165, 1.54) is 24.3 Å². The number of thiocarbonyl (C=S) groups is 1. The van der Waals surface area contributed by atoms with Crippen molar-refractivity contribution >= 4 is 60.8 Å². The van der Waals surface area contributed by atoms with E-state index < -0.39 is 21.8 Å². The Labute approximate surface area is 201 Å². The van der Waals surface area contributed by atoms with Crippen molar-refractivity contribution in [2.24, 2.45) is 0 Å². The predicted octanol–water partition coefficient (Wildman–Crippen LogP) is 3.60. The van der Waals surface area contributed by atoms with Crippen LogP contribution in [0.2, 0.25) is 0 Å². The molecule has 32 heavy (non-hydrogen) atoms. The minimum Gasteiger partial charge on any atom is -0.483 e. The van der Waals surface area contributed by atoms with Gasteiger partial charge in [-0.05, 0) is 72.6 Å². The van der Waals surface area contributed by atoms with Crippen LogP contribution in [-0.2, 0) is 19.6 Å². The molecule has 0 aromatic heterocycles. The quantitative estimate of drug-likeness (QED) is 0.459.